The van der Waals surface area contributed by atoms with Crippen molar-refractivity contribution in [3.05, 3.63) is 23.0 Å². The first-order chi connectivity index (χ1) is 6.43. The number of ether oxygens (including phenoxy) is 1. The van der Waals surface area contributed by atoms with Crippen molar-refractivity contribution in [2.24, 2.45) is 0 Å². The molecule has 0 spiro atoms. The molecule has 2 heteroatoms. The van der Waals surface area contributed by atoms with E-state index in [1.807, 2.05) is 6.92 Å². The minimum Gasteiger partial charge on any atom is -0.494 e. The molecular weight excluding hydrogens is 174 g/mol. The van der Waals surface area contributed by atoms with Gasteiger partial charge in [-0.2, -0.15) is 0 Å². The minimum absolute atomic E-state index is 0.0224. The maximum atomic E-state index is 5.61. The fourth-order valence-corrected chi connectivity index (χ4v) is 1.81. The van der Waals surface area contributed by atoms with Gasteiger partial charge >= 0.3 is 0 Å². The summed E-state index contributed by atoms with van der Waals surface area (Å²) in [6, 6.07) is 0. The van der Waals surface area contributed by atoms with Gasteiger partial charge in [0.25, 0.3) is 0 Å². The Morgan fingerprint density at radius 1 is 1.36 bits per heavy atom. The smallest absolute Gasteiger partial charge is 0.120 e. The molecule has 0 aromatic carbocycles. The summed E-state index contributed by atoms with van der Waals surface area (Å²) in [5.41, 5.74) is 2.68. The molecule has 0 saturated heterocycles. The van der Waals surface area contributed by atoms with Gasteiger partial charge in [-0.1, -0.05) is 0 Å². The van der Waals surface area contributed by atoms with Gasteiger partial charge in [0.15, 0.2) is 0 Å². The van der Waals surface area contributed by atoms with Crippen LogP contribution in [0.4, 0.5) is 0 Å². The molecule has 0 N–H and O–H groups in total. The van der Waals surface area contributed by atoms with Crippen molar-refractivity contribution >= 4 is 0 Å². The minimum atomic E-state index is 0.0224. The molecule has 0 saturated carbocycles. The summed E-state index contributed by atoms with van der Waals surface area (Å²) in [4.78, 5) is 2.22. The predicted octanol–water partition coefficient (Wildman–Crippen LogP) is 2.58. The lowest BCUT2D eigenvalue weighted by atomic mass is 9.94. The van der Waals surface area contributed by atoms with Crippen LogP contribution in [0.5, 0.6) is 0 Å². The van der Waals surface area contributed by atoms with Gasteiger partial charge in [0, 0.05) is 0 Å². The van der Waals surface area contributed by atoms with Crippen molar-refractivity contribution in [2.75, 3.05) is 20.7 Å². The highest BCUT2D eigenvalue weighted by atomic mass is 16.5. The molecule has 1 atom stereocenters. The van der Waals surface area contributed by atoms with Crippen LogP contribution in [0.15, 0.2) is 23.0 Å². The van der Waals surface area contributed by atoms with E-state index in [4.69, 9.17) is 4.74 Å². The summed E-state index contributed by atoms with van der Waals surface area (Å²) in [7, 11) is 4.20. The van der Waals surface area contributed by atoms with E-state index in [1.54, 1.807) is 0 Å². The van der Waals surface area contributed by atoms with Crippen molar-refractivity contribution in [1.29, 1.82) is 0 Å². The van der Waals surface area contributed by atoms with E-state index in [-0.39, 0.29) is 5.54 Å². The molecule has 1 aliphatic rings. The van der Waals surface area contributed by atoms with Crippen molar-refractivity contribution in [3.63, 3.8) is 0 Å². The van der Waals surface area contributed by atoms with Crippen LogP contribution in [-0.2, 0) is 4.74 Å². The molecule has 1 aliphatic carbocycles. The average Bonchev–Trinajstić information content (AvgIpc) is 2.33. The summed E-state index contributed by atoms with van der Waals surface area (Å²) in [6.45, 7) is 9.29. The van der Waals surface area contributed by atoms with Gasteiger partial charge in [-0.25, -0.2) is 0 Å². The molecular formula is C12H21NO. The Morgan fingerprint density at radius 3 is 2.29 bits per heavy atom. The molecule has 1 unspecified atom stereocenters. The average molecular weight is 195 g/mol. The number of likely N-dealkylation sites (N-methyl/N-ethyl adjacent to an activating group) is 1. The third-order valence-corrected chi connectivity index (χ3v) is 3.33. The Labute approximate surface area is 87.2 Å². The van der Waals surface area contributed by atoms with Crippen molar-refractivity contribution in [2.45, 2.75) is 33.2 Å². The van der Waals surface area contributed by atoms with Crippen LogP contribution in [0.25, 0.3) is 0 Å². The highest BCUT2D eigenvalue weighted by Crippen LogP contribution is 2.37. The number of nitrogens with zero attached hydrogens (tertiary/aromatic N) is 1. The Hall–Kier alpha value is -0.760. The van der Waals surface area contributed by atoms with E-state index in [0.29, 0.717) is 0 Å². The largest absolute Gasteiger partial charge is 0.494 e. The van der Waals surface area contributed by atoms with Crippen molar-refractivity contribution in [1.82, 2.24) is 4.90 Å². The highest BCUT2D eigenvalue weighted by molar-refractivity contribution is 5.46. The summed E-state index contributed by atoms with van der Waals surface area (Å²) >= 11 is 0. The Balaban J connectivity index is 3.05. The Morgan fingerprint density at radius 2 is 1.93 bits per heavy atom. The molecule has 0 bridgehead atoms. The molecule has 14 heavy (non-hydrogen) atoms. The lowest BCUT2D eigenvalue weighted by Gasteiger charge is -2.32. The summed E-state index contributed by atoms with van der Waals surface area (Å²) in [5.74, 6) is 1.04. The van der Waals surface area contributed by atoms with E-state index < -0.39 is 0 Å². The quantitative estimate of drug-likeness (QED) is 0.686. The normalized spacial score (nSPS) is 27.2. The van der Waals surface area contributed by atoms with Gasteiger partial charge in [-0.15, -0.1) is 0 Å². The van der Waals surface area contributed by atoms with E-state index in [9.17, 15) is 0 Å². The molecule has 0 amide bonds. The topological polar surface area (TPSA) is 12.5 Å². The predicted molar refractivity (Wildman–Crippen MR) is 60.2 cm³/mol. The summed E-state index contributed by atoms with van der Waals surface area (Å²) in [6.07, 6.45) is 2.21. The monoisotopic (exact) mass is 195 g/mol. The van der Waals surface area contributed by atoms with Crippen LogP contribution in [0.3, 0.4) is 0 Å². The highest BCUT2D eigenvalue weighted by Gasteiger charge is 2.34. The zero-order valence-electron chi connectivity index (χ0n) is 10.1. The van der Waals surface area contributed by atoms with Gasteiger partial charge in [0.2, 0.25) is 0 Å². The molecule has 2 nitrogen and oxygen atoms in total. The van der Waals surface area contributed by atoms with Gasteiger partial charge < -0.3 is 4.74 Å². The number of hydrogen-bond acceptors (Lipinski definition) is 2. The van der Waals surface area contributed by atoms with Gasteiger partial charge in [-0.05, 0) is 59.0 Å². The third kappa shape index (κ3) is 1.59. The number of allylic oxidation sites excluding steroid dienone is 1. The standard InChI is InChI=1S/C12H21NO/c1-7-14-11-8-12(4,13(5)6)10(3)9(11)2/h8H,7H2,1-6H3. The first-order valence-corrected chi connectivity index (χ1v) is 5.15. The van der Waals surface area contributed by atoms with Gasteiger partial charge in [0.05, 0.1) is 12.1 Å². The van der Waals surface area contributed by atoms with E-state index in [0.717, 1.165) is 12.4 Å². The number of rotatable bonds is 3. The van der Waals surface area contributed by atoms with Gasteiger partial charge in [-0.3, -0.25) is 4.90 Å². The third-order valence-electron chi connectivity index (χ3n) is 3.33. The maximum Gasteiger partial charge on any atom is 0.120 e. The second-order valence-electron chi connectivity index (χ2n) is 4.23. The van der Waals surface area contributed by atoms with Crippen molar-refractivity contribution in [3.8, 4) is 0 Å². The zero-order valence-corrected chi connectivity index (χ0v) is 10.1. The first-order valence-electron chi connectivity index (χ1n) is 5.15. The molecule has 0 aromatic rings. The second kappa shape index (κ2) is 3.77. The fraction of sp³-hybridized carbons (Fsp3) is 0.667. The van der Waals surface area contributed by atoms with Crippen LogP contribution in [0.1, 0.15) is 27.7 Å². The number of hydrogen-bond donors (Lipinski definition) is 0. The van der Waals surface area contributed by atoms with Crippen LogP contribution < -0.4 is 0 Å². The SMILES string of the molecule is CCOC1=CC(C)(N(C)C)C(C)=C1C. The zero-order chi connectivity index (χ0) is 10.9. The Bertz CT molecular complexity index is 289. The van der Waals surface area contributed by atoms with E-state index in [2.05, 4.69) is 45.8 Å². The second-order valence-corrected chi connectivity index (χ2v) is 4.23. The van der Waals surface area contributed by atoms with Crippen LogP contribution in [0, 0.1) is 0 Å². The summed E-state index contributed by atoms with van der Waals surface area (Å²) < 4.78 is 5.61. The molecule has 80 valence electrons. The van der Waals surface area contributed by atoms with Crippen LogP contribution in [-0.4, -0.2) is 31.1 Å². The lowest BCUT2D eigenvalue weighted by Crippen LogP contribution is -2.39. The molecule has 0 radical (unpaired) electrons. The molecule has 0 aliphatic heterocycles. The fourth-order valence-electron chi connectivity index (χ4n) is 1.81. The van der Waals surface area contributed by atoms with Crippen LogP contribution >= 0.6 is 0 Å². The maximum absolute atomic E-state index is 5.61. The lowest BCUT2D eigenvalue weighted by molar-refractivity contribution is 0.230. The van der Waals surface area contributed by atoms with Crippen LogP contribution in [0.2, 0.25) is 0 Å². The molecule has 0 heterocycles. The van der Waals surface area contributed by atoms with E-state index in [1.165, 1.54) is 11.1 Å². The van der Waals surface area contributed by atoms with E-state index >= 15 is 0 Å². The van der Waals surface area contributed by atoms with Crippen molar-refractivity contribution < 1.29 is 4.74 Å². The first kappa shape index (κ1) is 11.3. The molecule has 0 fully saturated rings. The summed E-state index contributed by atoms with van der Waals surface area (Å²) in [5, 5.41) is 0. The Kier molecular flexibility index (Phi) is 3.05. The van der Waals surface area contributed by atoms with Gasteiger partial charge in [0.1, 0.15) is 5.76 Å². The molecule has 1 rings (SSSR count). The molecule has 0 aromatic heterocycles.